The zero-order valence-electron chi connectivity index (χ0n) is 17.4. The lowest BCUT2D eigenvalue weighted by atomic mass is 9.84. The third-order valence-electron chi connectivity index (χ3n) is 6.47. The first kappa shape index (κ1) is 20.8. The van der Waals surface area contributed by atoms with E-state index in [0.717, 1.165) is 42.4 Å². The maximum absolute atomic E-state index is 12.9. The highest BCUT2D eigenvalue weighted by Crippen LogP contribution is 2.46. The number of aliphatic hydroxyl groups excluding tert-OH is 1. The summed E-state index contributed by atoms with van der Waals surface area (Å²) in [4.78, 5) is 26.6. The van der Waals surface area contributed by atoms with Crippen molar-refractivity contribution >= 4 is 11.8 Å². The van der Waals surface area contributed by atoms with Crippen molar-refractivity contribution in [1.82, 2.24) is 4.90 Å². The topological polar surface area (TPSA) is 66.8 Å². The second kappa shape index (κ2) is 8.70. The Morgan fingerprint density at radius 1 is 1.03 bits per heavy atom. The van der Waals surface area contributed by atoms with Crippen LogP contribution in [-0.2, 0) is 14.3 Å². The van der Waals surface area contributed by atoms with Crippen LogP contribution in [0.2, 0.25) is 0 Å². The molecule has 5 heteroatoms. The maximum Gasteiger partial charge on any atom is 0.235 e. The van der Waals surface area contributed by atoms with Crippen LogP contribution in [0.5, 0.6) is 0 Å². The zero-order valence-corrected chi connectivity index (χ0v) is 17.4. The predicted octanol–water partition coefficient (Wildman–Crippen LogP) is 3.78. The number of imide groups is 1. The van der Waals surface area contributed by atoms with E-state index in [1.165, 1.54) is 4.90 Å². The molecule has 1 N–H and O–H groups in total. The number of carbonyl (C=O) groups is 2. The first-order valence-electron chi connectivity index (χ1n) is 10.8. The second-order valence-corrected chi connectivity index (χ2v) is 8.61. The van der Waals surface area contributed by atoms with Gasteiger partial charge in [0.05, 0.1) is 24.7 Å². The number of amides is 2. The Bertz CT molecular complexity index is 904. The van der Waals surface area contributed by atoms with Gasteiger partial charge in [-0.25, -0.2) is 0 Å². The van der Waals surface area contributed by atoms with E-state index in [1.807, 2.05) is 61.5 Å². The van der Waals surface area contributed by atoms with Crippen molar-refractivity contribution in [3.63, 3.8) is 0 Å². The minimum Gasteiger partial charge on any atom is -0.389 e. The molecule has 1 saturated carbocycles. The number of β-amino-alcohol motifs (C(OH)–C–C–N with tert-alkyl or cyclic N) is 1. The van der Waals surface area contributed by atoms with Gasteiger partial charge in [-0.15, -0.1) is 0 Å². The lowest BCUT2D eigenvalue weighted by Crippen LogP contribution is -2.41. The number of nitrogens with zero attached hydrogens (tertiary/aromatic N) is 1. The van der Waals surface area contributed by atoms with Gasteiger partial charge in [-0.05, 0) is 36.5 Å². The third kappa shape index (κ3) is 4.05. The number of benzene rings is 2. The van der Waals surface area contributed by atoms with Gasteiger partial charge < -0.3 is 9.84 Å². The molecule has 0 radical (unpaired) electrons. The number of ether oxygens (including phenoxy) is 1. The summed E-state index contributed by atoms with van der Waals surface area (Å²) in [6, 6.07) is 17.9. The molecule has 2 fully saturated rings. The van der Waals surface area contributed by atoms with E-state index in [9.17, 15) is 14.7 Å². The van der Waals surface area contributed by atoms with E-state index in [1.54, 1.807) is 0 Å². The SMILES string of the molecule is Cc1ccccc1[C@H](OC[C@@H](O)CN1C(=O)CC2(CCCC2)C1=O)c1ccccc1. The van der Waals surface area contributed by atoms with Crippen molar-refractivity contribution in [2.75, 3.05) is 13.2 Å². The summed E-state index contributed by atoms with van der Waals surface area (Å²) in [5, 5.41) is 10.6. The third-order valence-corrected chi connectivity index (χ3v) is 6.47. The van der Waals surface area contributed by atoms with Gasteiger partial charge >= 0.3 is 0 Å². The molecular weight excluding hydrogens is 378 g/mol. The molecule has 0 bridgehead atoms. The molecule has 1 aliphatic heterocycles. The number of rotatable bonds is 7. The standard InChI is InChI=1S/C25H29NO4/c1-18-9-5-6-12-21(18)23(19-10-3-2-4-11-19)30-17-20(27)16-26-22(28)15-25(24(26)29)13-7-8-14-25/h2-6,9-12,20,23,27H,7-8,13-17H2,1H3/t20-,23+/m0/s1. The summed E-state index contributed by atoms with van der Waals surface area (Å²) in [6.07, 6.45) is 2.59. The largest absolute Gasteiger partial charge is 0.389 e. The van der Waals surface area contributed by atoms with Crippen molar-refractivity contribution in [3.8, 4) is 0 Å². The summed E-state index contributed by atoms with van der Waals surface area (Å²) >= 11 is 0. The number of aryl methyl sites for hydroxylation is 1. The summed E-state index contributed by atoms with van der Waals surface area (Å²) in [6.45, 7) is 2.07. The normalized spacial score (nSPS) is 20.1. The molecule has 2 aromatic rings. The number of carbonyl (C=O) groups excluding carboxylic acids is 2. The summed E-state index contributed by atoms with van der Waals surface area (Å²) in [5.41, 5.74) is 2.63. The van der Waals surface area contributed by atoms with E-state index in [-0.39, 0.29) is 37.5 Å². The van der Waals surface area contributed by atoms with Gasteiger partial charge in [0.2, 0.25) is 11.8 Å². The molecule has 30 heavy (non-hydrogen) atoms. The first-order valence-corrected chi connectivity index (χ1v) is 10.8. The fraction of sp³-hybridized carbons (Fsp3) is 0.440. The van der Waals surface area contributed by atoms with Crippen LogP contribution in [0.1, 0.15) is 54.9 Å². The van der Waals surface area contributed by atoms with Gasteiger partial charge in [0, 0.05) is 6.42 Å². The molecule has 1 saturated heterocycles. The van der Waals surface area contributed by atoms with Crippen molar-refractivity contribution in [1.29, 1.82) is 0 Å². The van der Waals surface area contributed by atoms with E-state index < -0.39 is 11.5 Å². The minimum absolute atomic E-state index is 0.00526. The van der Waals surface area contributed by atoms with Crippen LogP contribution in [0.15, 0.2) is 54.6 Å². The van der Waals surface area contributed by atoms with Gasteiger partial charge in [-0.3, -0.25) is 14.5 Å². The molecule has 2 amide bonds. The van der Waals surface area contributed by atoms with E-state index in [2.05, 4.69) is 0 Å². The molecule has 2 aromatic carbocycles. The number of likely N-dealkylation sites (tertiary alicyclic amines) is 1. The number of hydrogen-bond donors (Lipinski definition) is 1. The van der Waals surface area contributed by atoms with Gasteiger partial charge in [-0.2, -0.15) is 0 Å². The van der Waals surface area contributed by atoms with Crippen LogP contribution in [-0.4, -0.2) is 41.1 Å². The van der Waals surface area contributed by atoms with Crippen LogP contribution in [0.25, 0.3) is 0 Å². The van der Waals surface area contributed by atoms with Crippen molar-refractivity contribution < 1.29 is 19.4 Å². The van der Waals surface area contributed by atoms with Crippen LogP contribution in [0.4, 0.5) is 0 Å². The molecule has 1 aliphatic carbocycles. The molecule has 2 aliphatic rings. The van der Waals surface area contributed by atoms with Crippen LogP contribution >= 0.6 is 0 Å². The molecule has 1 heterocycles. The summed E-state index contributed by atoms with van der Waals surface area (Å²) in [5.74, 6) is -0.276. The Balaban J connectivity index is 1.44. The van der Waals surface area contributed by atoms with Crippen LogP contribution in [0.3, 0.4) is 0 Å². The Labute approximate surface area is 177 Å². The zero-order chi connectivity index (χ0) is 21.1. The smallest absolute Gasteiger partial charge is 0.235 e. The number of hydrogen-bond acceptors (Lipinski definition) is 4. The molecule has 158 valence electrons. The lowest BCUT2D eigenvalue weighted by Gasteiger charge is -2.25. The van der Waals surface area contributed by atoms with E-state index in [4.69, 9.17) is 4.74 Å². The van der Waals surface area contributed by atoms with Crippen LogP contribution in [0, 0.1) is 12.3 Å². The monoisotopic (exact) mass is 407 g/mol. The molecular formula is C25H29NO4. The highest BCUT2D eigenvalue weighted by Gasteiger charge is 2.52. The molecule has 2 atom stereocenters. The fourth-order valence-electron chi connectivity index (χ4n) is 4.83. The van der Waals surface area contributed by atoms with Gasteiger partial charge in [0.1, 0.15) is 6.10 Å². The quantitative estimate of drug-likeness (QED) is 0.710. The van der Waals surface area contributed by atoms with Crippen molar-refractivity contribution in [2.24, 2.45) is 5.41 Å². The Morgan fingerprint density at radius 2 is 1.70 bits per heavy atom. The highest BCUT2D eigenvalue weighted by atomic mass is 16.5. The van der Waals surface area contributed by atoms with Gasteiger partial charge in [0.15, 0.2) is 0 Å². The molecule has 4 rings (SSSR count). The van der Waals surface area contributed by atoms with Crippen LogP contribution < -0.4 is 0 Å². The minimum atomic E-state index is -0.926. The fourth-order valence-corrected chi connectivity index (χ4v) is 4.83. The Morgan fingerprint density at radius 3 is 2.40 bits per heavy atom. The van der Waals surface area contributed by atoms with Gasteiger partial charge in [0.25, 0.3) is 0 Å². The van der Waals surface area contributed by atoms with Crippen molar-refractivity contribution in [3.05, 3.63) is 71.3 Å². The Kier molecular flexibility index (Phi) is 6.02. The maximum atomic E-state index is 12.9. The average molecular weight is 408 g/mol. The summed E-state index contributed by atoms with van der Waals surface area (Å²) in [7, 11) is 0. The lowest BCUT2D eigenvalue weighted by molar-refractivity contribution is -0.143. The highest BCUT2D eigenvalue weighted by molar-refractivity contribution is 6.06. The predicted molar refractivity (Wildman–Crippen MR) is 114 cm³/mol. The summed E-state index contributed by atoms with van der Waals surface area (Å²) < 4.78 is 6.16. The first-order chi connectivity index (χ1) is 14.5. The molecule has 5 nitrogen and oxygen atoms in total. The molecule has 0 aromatic heterocycles. The second-order valence-electron chi connectivity index (χ2n) is 8.61. The molecule has 0 unspecified atom stereocenters. The van der Waals surface area contributed by atoms with Crippen molar-refractivity contribution in [2.45, 2.75) is 51.2 Å². The van der Waals surface area contributed by atoms with E-state index in [0.29, 0.717) is 0 Å². The average Bonchev–Trinajstić information content (AvgIpc) is 3.31. The molecule has 1 spiro atoms. The van der Waals surface area contributed by atoms with E-state index >= 15 is 0 Å². The number of aliphatic hydroxyl groups is 1. The van der Waals surface area contributed by atoms with Gasteiger partial charge in [-0.1, -0.05) is 67.4 Å². The Hall–Kier alpha value is -2.50.